The molecular weight excluding hydrogens is 285 g/mol. The zero-order valence-electron chi connectivity index (χ0n) is 9.91. The van der Waals surface area contributed by atoms with Crippen molar-refractivity contribution < 1.29 is 43.8 Å². The van der Waals surface area contributed by atoms with E-state index >= 15 is 0 Å². The van der Waals surface area contributed by atoms with E-state index in [1.165, 1.54) is 0 Å². The van der Waals surface area contributed by atoms with Crippen molar-refractivity contribution in [3.05, 3.63) is 0 Å². The maximum atomic E-state index is 11.3. The molecule has 0 heterocycles. The summed E-state index contributed by atoms with van der Waals surface area (Å²) < 4.78 is 14.1. The van der Waals surface area contributed by atoms with E-state index in [1.54, 1.807) is 0 Å². The molecule has 0 aliphatic carbocycles. The van der Waals surface area contributed by atoms with Gasteiger partial charge in [-0.3, -0.25) is 14.1 Å². The van der Waals surface area contributed by atoms with Gasteiger partial charge in [0.15, 0.2) is 0 Å². The van der Waals surface area contributed by atoms with Crippen LogP contribution < -0.4 is 5.73 Å². The van der Waals surface area contributed by atoms with Crippen LogP contribution in [0.25, 0.3) is 0 Å². The molecular formula is C8H16NO9P. The van der Waals surface area contributed by atoms with Gasteiger partial charge in [0.25, 0.3) is 0 Å². The minimum absolute atomic E-state index is 1.15. The molecule has 0 fully saturated rings. The molecule has 0 aromatic rings. The Hall–Kier alpha value is -0.710. The van der Waals surface area contributed by atoms with Crippen LogP contribution in [0, 0.1) is 0 Å². The highest BCUT2D eigenvalue weighted by molar-refractivity contribution is 7.46. The van der Waals surface area contributed by atoms with Crippen LogP contribution in [-0.4, -0.2) is 67.6 Å². The molecule has 0 saturated heterocycles. The normalized spacial score (nSPS) is 18.5. The molecule has 0 spiro atoms. The quantitative estimate of drug-likeness (QED) is 0.195. The Morgan fingerprint density at radius 1 is 1.26 bits per heavy atom. The van der Waals surface area contributed by atoms with Gasteiger partial charge in [0.05, 0.1) is 18.2 Å². The molecule has 11 heteroatoms. The standard InChI is InChI=1S/C8H16NO9P/c1-3(10)6(12)5(9)8(14)7(13)4(11)2-18-19(15,16)17/h3,5-6,8,10,12,14H,2,9H2,1H3,(H2,15,16,17)/t3?,5-,6?,8-/m1/s1. The fourth-order valence-electron chi connectivity index (χ4n) is 1.06. The van der Waals surface area contributed by atoms with Crippen LogP contribution in [0.15, 0.2) is 0 Å². The first kappa shape index (κ1) is 18.3. The van der Waals surface area contributed by atoms with Gasteiger partial charge in [-0.15, -0.1) is 0 Å². The summed E-state index contributed by atoms with van der Waals surface area (Å²) in [6.07, 6.45) is -5.13. The zero-order chi connectivity index (χ0) is 15.4. The van der Waals surface area contributed by atoms with Gasteiger partial charge in [-0.1, -0.05) is 0 Å². The SMILES string of the molecule is CC(O)C(O)[C@@H](N)[C@@H](O)C(=O)C(=O)COP(=O)(O)O. The molecule has 2 unspecified atom stereocenters. The van der Waals surface area contributed by atoms with Crippen LogP contribution in [0.2, 0.25) is 0 Å². The van der Waals surface area contributed by atoms with Crippen LogP contribution >= 0.6 is 7.82 Å². The van der Waals surface area contributed by atoms with Crippen molar-refractivity contribution in [1.29, 1.82) is 0 Å². The molecule has 10 nitrogen and oxygen atoms in total. The second kappa shape index (κ2) is 7.17. The second-order valence-corrected chi connectivity index (χ2v) is 5.04. The van der Waals surface area contributed by atoms with E-state index in [2.05, 4.69) is 4.52 Å². The number of phosphoric acid groups is 1. The first-order chi connectivity index (χ1) is 8.47. The predicted molar refractivity (Wildman–Crippen MR) is 59.7 cm³/mol. The summed E-state index contributed by atoms with van der Waals surface area (Å²) >= 11 is 0. The number of rotatable bonds is 8. The molecule has 19 heavy (non-hydrogen) atoms. The lowest BCUT2D eigenvalue weighted by molar-refractivity contribution is -0.145. The van der Waals surface area contributed by atoms with Gasteiger partial charge < -0.3 is 30.8 Å². The summed E-state index contributed by atoms with van der Waals surface area (Å²) in [6.45, 7) is -0.0852. The second-order valence-electron chi connectivity index (χ2n) is 3.80. The third kappa shape index (κ3) is 6.32. The van der Waals surface area contributed by atoms with Crippen LogP contribution in [0.1, 0.15) is 6.92 Å². The number of nitrogens with two attached hydrogens (primary N) is 1. The monoisotopic (exact) mass is 301 g/mol. The molecule has 0 aliphatic heterocycles. The summed E-state index contributed by atoms with van der Waals surface area (Å²) in [5.41, 5.74) is 5.25. The third-order valence-electron chi connectivity index (χ3n) is 2.16. The maximum absolute atomic E-state index is 11.3. The van der Waals surface area contributed by atoms with Crippen LogP contribution in [0.5, 0.6) is 0 Å². The van der Waals surface area contributed by atoms with E-state index in [1.807, 2.05) is 0 Å². The van der Waals surface area contributed by atoms with Gasteiger partial charge in [0.1, 0.15) is 12.7 Å². The lowest BCUT2D eigenvalue weighted by Crippen LogP contribution is -2.54. The van der Waals surface area contributed by atoms with E-state index < -0.39 is 50.3 Å². The van der Waals surface area contributed by atoms with Crippen molar-refractivity contribution >= 4 is 19.4 Å². The minimum atomic E-state index is -4.92. The van der Waals surface area contributed by atoms with E-state index in [0.717, 1.165) is 6.92 Å². The summed E-state index contributed by atoms with van der Waals surface area (Å²) in [7, 11) is -4.92. The average molecular weight is 301 g/mol. The van der Waals surface area contributed by atoms with Crippen LogP contribution in [-0.2, 0) is 18.7 Å². The van der Waals surface area contributed by atoms with Gasteiger partial charge >= 0.3 is 7.82 Å². The van der Waals surface area contributed by atoms with Crippen molar-refractivity contribution in [2.24, 2.45) is 5.73 Å². The number of carbonyl (C=O) groups excluding carboxylic acids is 2. The number of hydrogen-bond acceptors (Lipinski definition) is 8. The highest BCUT2D eigenvalue weighted by Crippen LogP contribution is 2.35. The van der Waals surface area contributed by atoms with Gasteiger partial charge in [-0.05, 0) is 6.92 Å². The van der Waals surface area contributed by atoms with Crippen LogP contribution in [0.4, 0.5) is 0 Å². The number of carbonyl (C=O) groups is 2. The molecule has 4 atom stereocenters. The predicted octanol–water partition coefficient (Wildman–Crippen LogP) is -3.34. The number of Topliss-reactive ketones (excluding diaryl/α,β-unsaturated/α-hetero) is 2. The smallest absolute Gasteiger partial charge is 0.391 e. The largest absolute Gasteiger partial charge is 0.470 e. The maximum Gasteiger partial charge on any atom is 0.470 e. The van der Waals surface area contributed by atoms with Crippen molar-refractivity contribution in [2.75, 3.05) is 6.61 Å². The lowest BCUT2D eigenvalue weighted by Gasteiger charge is -2.24. The summed E-state index contributed by atoms with van der Waals surface area (Å²) in [5.74, 6) is -2.91. The third-order valence-corrected chi connectivity index (χ3v) is 2.63. The Kier molecular flexibility index (Phi) is 6.91. The highest BCUT2D eigenvalue weighted by atomic mass is 31.2. The van der Waals surface area contributed by atoms with Gasteiger partial charge in [0.2, 0.25) is 11.6 Å². The average Bonchev–Trinajstić information content (AvgIpc) is 2.30. The van der Waals surface area contributed by atoms with E-state index in [-0.39, 0.29) is 0 Å². The Labute approximate surface area is 108 Å². The number of phosphoric ester groups is 1. The molecule has 0 amide bonds. The first-order valence-electron chi connectivity index (χ1n) is 5.04. The topological polar surface area (TPSA) is 188 Å². The molecule has 112 valence electrons. The fourth-order valence-corrected chi connectivity index (χ4v) is 1.35. The van der Waals surface area contributed by atoms with Crippen molar-refractivity contribution in [2.45, 2.75) is 31.3 Å². The van der Waals surface area contributed by atoms with Crippen molar-refractivity contribution in [3.63, 3.8) is 0 Å². The molecule has 0 saturated carbocycles. The fraction of sp³-hybridized carbons (Fsp3) is 0.750. The molecule has 0 radical (unpaired) electrons. The number of ketones is 2. The first-order valence-corrected chi connectivity index (χ1v) is 6.57. The molecule has 0 aromatic heterocycles. The number of aliphatic hydroxyl groups excluding tert-OH is 3. The van der Waals surface area contributed by atoms with Gasteiger partial charge in [-0.25, -0.2) is 4.57 Å². The molecule has 0 rings (SSSR count). The van der Waals surface area contributed by atoms with Crippen LogP contribution in [0.3, 0.4) is 0 Å². The number of hydrogen-bond donors (Lipinski definition) is 6. The molecule has 7 N–H and O–H groups in total. The Bertz CT molecular complexity index is 378. The minimum Gasteiger partial charge on any atom is -0.391 e. The van der Waals surface area contributed by atoms with Gasteiger partial charge in [0, 0.05) is 0 Å². The summed E-state index contributed by atoms with van der Waals surface area (Å²) in [5, 5.41) is 27.7. The molecule has 0 bridgehead atoms. The molecule has 0 aliphatic rings. The summed E-state index contributed by atoms with van der Waals surface area (Å²) in [6, 6.07) is -1.63. The summed E-state index contributed by atoms with van der Waals surface area (Å²) in [4.78, 5) is 39.1. The zero-order valence-corrected chi connectivity index (χ0v) is 10.8. The number of aliphatic hydroxyl groups is 3. The van der Waals surface area contributed by atoms with E-state index in [9.17, 15) is 24.4 Å². The Balaban J connectivity index is 4.56. The Morgan fingerprint density at radius 2 is 1.74 bits per heavy atom. The van der Waals surface area contributed by atoms with Crippen molar-refractivity contribution in [3.8, 4) is 0 Å². The highest BCUT2D eigenvalue weighted by Gasteiger charge is 2.35. The van der Waals surface area contributed by atoms with Gasteiger partial charge in [-0.2, -0.15) is 0 Å². The Morgan fingerprint density at radius 3 is 2.11 bits per heavy atom. The van der Waals surface area contributed by atoms with E-state index in [0.29, 0.717) is 0 Å². The lowest BCUT2D eigenvalue weighted by atomic mass is 9.97. The molecule has 0 aromatic carbocycles. The van der Waals surface area contributed by atoms with Crippen molar-refractivity contribution in [1.82, 2.24) is 0 Å². The van der Waals surface area contributed by atoms with E-state index in [4.69, 9.17) is 20.6 Å².